The van der Waals surface area contributed by atoms with Gasteiger partial charge in [0.05, 0.1) is 16.3 Å². The van der Waals surface area contributed by atoms with E-state index in [0.29, 0.717) is 31.8 Å². The van der Waals surface area contributed by atoms with Gasteiger partial charge in [0.2, 0.25) is 5.78 Å². The van der Waals surface area contributed by atoms with Crippen molar-refractivity contribution in [1.82, 2.24) is 0 Å². The second-order valence-corrected chi connectivity index (χ2v) is 6.92. The summed E-state index contributed by atoms with van der Waals surface area (Å²) in [4.78, 5) is 12.9. The van der Waals surface area contributed by atoms with Gasteiger partial charge in [0.25, 0.3) is 0 Å². The lowest BCUT2D eigenvalue weighted by atomic mass is 10.1. The SMILES string of the molecule is Nc1cc(Nc2ccc(C(F)(F)F)cc2)sc1C(=O)c1ccc(Cl)cc1. The zero-order chi connectivity index (χ0) is 18.9. The number of carbonyl (C=O) groups is 1. The lowest BCUT2D eigenvalue weighted by Crippen LogP contribution is -2.04. The second kappa shape index (κ2) is 7.01. The van der Waals surface area contributed by atoms with Crippen molar-refractivity contribution in [1.29, 1.82) is 0 Å². The van der Waals surface area contributed by atoms with Gasteiger partial charge in [-0.05, 0) is 54.6 Å². The summed E-state index contributed by atoms with van der Waals surface area (Å²) in [7, 11) is 0. The maximum absolute atomic E-state index is 12.6. The first-order valence-corrected chi connectivity index (χ1v) is 8.57. The van der Waals surface area contributed by atoms with Crippen molar-refractivity contribution in [2.75, 3.05) is 11.1 Å². The first-order chi connectivity index (χ1) is 12.2. The second-order valence-electron chi connectivity index (χ2n) is 5.43. The summed E-state index contributed by atoms with van der Waals surface area (Å²) in [5, 5.41) is 4.03. The van der Waals surface area contributed by atoms with E-state index in [1.807, 2.05) is 0 Å². The number of alkyl halides is 3. The maximum atomic E-state index is 12.6. The molecular weight excluding hydrogens is 385 g/mol. The Morgan fingerprint density at radius 1 is 1.04 bits per heavy atom. The molecule has 3 aromatic rings. The highest BCUT2D eigenvalue weighted by Crippen LogP contribution is 2.34. The van der Waals surface area contributed by atoms with Crippen LogP contribution >= 0.6 is 22.9 Å². The fourth-order valence-electron chi connectivity index (χ4n) is 2.26. The molecule has 2 aromatic carbocycles. The van der Waals surface area contributed by atoms with Crippen molar-refractivity contribution in [3.05, 3.63) is 75.6 Å². The molecule has 0 unspecified atom stereocenters. The zero-order valence-electron chi connectivity index (χ0n) is 13.1. The molecule has 3 nitrogen and oxygen atoms in total. The highest BCUT2D eigenvalue weighted by atomic mass is 35.5. The number of thiophene rings is 1. The molecule has 8 heteroatoms. The lowest BCUT2D eigenvalue weighted by Gasteiger charge is -2.08. The molecule has 0 saturated carbocycles. The van der Waals surface area contributed by atoms with E-state index in [0.717, 1.165) is 23.5 Å². The van der Waals surface area contributed by atoms with Gasteiger partial charge in [0.1, 0.15) is 4.88 Å². The molecule has 0 radical (unpaired) electrons. The van der Waals surface area contributed by atoms with Crippen LogP contribution in [0.1, 0.15) is 20.8 Å². The first kappa shape index (κ1) is 18.3. The van der Waals surface area contributed by atoms with E-state index in [9.17, 15) is 18.0 Å². The van der Waals surface area contributed by atoms with E-state index in [1.54, 1.807) is 30.3 Å². The molecule has 1 aromatic heterocycles. The summed E-state index contributed by atoms with van der Waals surface area (Å²) in [6.07, 6.45) is -4.38. The van der Waals surface area contributed by atoms with Crippen LogP contribution in [0.15, 0.2) is 54.6 Å². The summed E-state index contributed by atoms with van der Waals surface area (Å²) in [6, 6.07) is 12.6. The lowest BCUT2D eigenvalue weighted by molar-refractivity contribution is -0.137. The molecule has 1 heterocycles. The third kappa shape index (κ3) is 4.00. The molecule has 0 aliphatic rings. The van der Waals surface area contributed by atoms with Gasteiger partial charge in [-0.15, -0.1) is 11.3 Å². The Morgan fingerprint density at radius 2 is 1.65 bits per heavy atom. The molecule has 3 N–H and O–H groups in total. The third-order valence-electron chi connectivity index (χ3n) is 3.55. The van der Waals surface area contributed by atoms with Crippen LogP contribution in [0.5, 0.6) is 0 Å². The summed E-state index contributed by atoms with van der Waals surface area (Å²) in [5.41, 5.74) is 6.40. The average Bonchev–Trinajstić information content (AvgIpc) is 2.95. The van der Waals surface area contributed by atoms with Gasteiger partial charge >= 0.3 is 6.18 Å². The standard InChI is InChI=1S/C18H12ClF3N2OS/c19-12-5-1-10(2-6-12)16(25)17-14(23)9-15(26-17)24-13-7-3-11(4-8-13)18(20,21)22/h1-9,24H,23H2. The number of anilines is 3. The Bertz CT molecular complexity index is 935. The van der Waals surface area contributed by atoms with Gasteiger partial charge in [-0.2, -0.15) is 13.2 Å². The monoisotopic (exact) mass is 396 g/mol. The number of carbonyl (C=O) groups excluding carboxylic acids is 1. The highest BCUT2D eigenvalue weighted by Gasteiger charge is 2.30. The predicted molar refractivity (Wildman–Crippen MR) is 98.3 cm³/mol. The molecule has 0 fully saturated rings. The summed E-state index contributed by atoms with van der Waals surface area (Å²) in [5.74, 6) is -0.246. The van der Waals surface area contributed by atoms with Crippen LogP contribution in [0.3, 0.4) is 0 Å². The number of rotatable bonds is 4. The molecule has 0 atom stereocenters. The van der Waals surface area contributed by atoms with Gasteiger partial charge in [-0.3, -0.25) is 4.79 Å². The fourth-order valence-corrected chi connectivity index (χ4v) is 3.35. The van der Waals surface area contributed by atoms with Crippen LogP contribution in [0.2, 0.25) is 5.02 Å². The number of halogens is 4. The molecule has 0 spiro atoms. The van der Waals surface area contributed by atoms with E-state index >= 15 is 0 Å². The van der Waals surface area contributed by atoms with Crippen molar-refractivity contribution >= 4 is 45.1 Å². The number of hydrogen-bond acceptors (Lipinski definition) is 4. The Morgan fingerprint density at radius 3 is 2.23 bits per heavy atom. The van der Waals surface area contributed by atoms with Crippen molar-refractivity contribution in [3.8, 4) is 0 Å². The van der Waals surface area contributed by atoms with Gasteiger partial charge < -0.3 is 11.1 Å². The largest absolute Gasteiger partial charge is 0.416 e. The quantitative estimate of drug-likeness (QED) is 0.533. The van der Waals surface area contributed by atoms with E-state index in [2.05, 4.69) is 5.32 Å². The minimum absolute atomic E-state index is 0.246. The molecule has 0 aliphatic heterocycles. The van der Waals surface area contributed by atoms with Gasteiger partial charge in [-0.25, -0.2) is 0 Å². The van der Waals surface area contributed by atoms with Crippen LogP contribution in [0.4, 0.5) is 29.5 Å². The molecular formula is C18H12ClF3N2OS. The minimum atomic E-state index is -4.38. The normalized spacial score (nSPS) is 11.4. The summed E-state index contributed by atoms with van der Waals surface area (Å²) < 4.78 is 37.8. The number of nitrogens with one attached hydrogen (secondary N) is 1. The van der Waals surface area contributed by atoms with Gasteiger partial charge in [-0.1, -0.05) is 11.6 Å². The summed E-state index contributed by atoms with van der Waals surface area (Å²) in [6.45, 7) is 0. The van der Waals surface area contributed by atoms with Gasteiger partial charge in [0, 0.05) is 16.3 Å². The molecule has 3 rings (SSSR count). The van der Waals surface area contributed by atoms with Gasteiger partial charge in [0.15, 0.2) is 0 Å². The molecule has 26 heavy (non-hydrogen) atoms. The van der Waals surface area contributed by atoms with Crippen LogP contribution < -0.4 is 11.1 Å². The smallest absolute Gasteiger partial charge is 0.397 e. The number of nitrogen functional groups attached to an aromatic ring is 1. The van der Waals surface area contributed by atoms with E-state index < -0.39 is 11.7 Å². The molecule has 0 aliphatic carbocycles. The Labute approximate surface area is 156 Å². The predicted octanol–water partition coefficient (Wildman–Crippen LogP) is 5.98. The summed E-state index contributed by atoms with van der Waals surface area (Å²) >= 11 is 6.94. The molecule has 134 valence electrons. The van der Waals surface area contributed by atoms with Crippen LogP contribution in [0, 0.1) is 0 Å². The fraction of sp³-hybridized carbons (Fsp3) is 0.0556. The van der Waals surface area contributed by atoms with Crippen molar-refractivity contribution in [2.45, 2.75) is 6.18 Å². The van der Waals surface area contributed by atoms with Crippen molar-refractivity contribution in [2.24, 2.45) is 0 Å². The zero-order valence-corrected chi connectivity index (χ0v) is 14.7. The topological polar surface area (TPSA) is 55.1 Å². The molecule has 0 amide bonds. The Kier molecular flexibility index (Phi) is 4.93. The Balaban J connectivity index is 1.80. The molecule has 0 saturated heterocycles. The van der Waals surface area contributed by atoms with Crippen LogP contribution in [0.25, 0.3) is 0 Å². The number of nitrogens with two attached hydrogens (primary N) is 1. The van der Waals surface area contributed by atoms with Crippen molar-refractivity contribution in [3.63, 3.8) is 0 Å². The minimum Gasteiger partial charge on any atom is -0.397 e. The third-order valence-corrected chi connectivity index (χ3v) is 4.87. The van der Waals surface area contributed by atoms with E-state index in [1.165, 1.54) is 12.1 Å². The van der Waals surface area contributed by atoms with Crippen LogP contribution in [-0.2, 0) is 6.18 Å². The Hall–Kier alpha value is -2.51. The van der Waals surface area contributed by atoms with E-state index in [-0.39, 0.29) is 5.78 Å². The number of ketones is 1. The average molecular weight is 397 g/mol. The first-order valence-electron chi connectivity index (χ1n) is 7.38. The van der Waals surface area contributed by atoms with Crippen molar-refractivity contribution < 1.29 is 18.0 Å². The van der Waals surface area contributed by atoms with E-state index in [4.69, 9.17) is 17.3 Å². The maximum Gasteiger partial charge on any atom is 0.416 e. The molecule has 0 bridgehead atoms. The number of hydrogen-bond donors (Lipinski definition) is 2. The van der Waals surface area contributed by atoms with Crippen LogP contribution in [-0.4, -0.2) is 5.78 Å². The highest BCUT2D eigenvalue weighted by molar-refractivity contribution is 7.18. The number of benzene rings is 2.